The van der Waals surface area contributed by atoms with E-state index in [4.69, 9.17) is 3.07 Å². The first-order valence-corrected chi connectivity index (χ1v) is 18.7. The van der Waals surface area contributed by atoms with Crippen LogP contribution in [0, 0.1) is 0 Å². The molecule has 0 N–H and O–H groups in total. The second-order valence-electron chi connectivity index (χ2n) is 8.17. The zero-order valence-electron chi connectivity index (χ0n) is 18.6. The number of carbonyl (C=O) groups excluding carboxylic acids is 1. The number of rotatable bonds is 14. The monoisotopic (exact) mass is 502 g/mol. The number of hydrogen-bond acceptors (Lipinski definition) is 2. The molecule has 0 bridgehead atoms. The van der Waals surface area contributed by atoms with Crippen molar-refractivity contribution in [3.8, 4) is 0 Å². The van der Waals surface area contributed by atoms with Crippen molar-refractivity contribution in [1.29, 1.82) is 0 Å². The van der Waals surface area contributed by atoms with Gasteiger partial charge in [-0.15, -0.1) is 0 Å². The third-order valence-corrected chi connectivity index (χ3v) is 18.7. The van der Waals surface area contributed by atoms with Crippen LogP contribution in [0.25, 0.3) is 0 Å². The van der Waals surface area contributed by atoms with Crippen LogP contribution in [0.1, 0.15) is 80.8 Å². The molecule has 0 amide bonds. The van der Waals surface area contributed by atoms with E-state index in [0.29, 0.717) is 6.61 Å². The molecular weight excluding hydrogens is 463 g/mol. The Kier molecular flexibility index (Phi) is 11.0. The number of carbonyl (C=O) groups is 1. The van der Waals surface area contributed by atoms with Gasteiger partial charge in [-0.2, -0.15) is 0 Å². The first kappa shape index (κ1) is 24.1. The summed E-state index contributed by atoms with van der Waals surface area (Å²) in [6, 6.07) is 17.6. The Hall–Kier alpha value is -1.13. The predicted molar refractivity (Wildman–Crippen MR) is 126 cm³/mol. The Labute approximate surface area is 182 Å². The standard InChI is InChI=1S/C14H11O2.3C4H9.Sn/c15-10-11-6-8-13(9-7-11)14(16)12-4-2-1-3-5-12;3*1-3-4-2;/h1-9H,10H2;3*1,3-4H2,2H3;/q-1;;;;+1. The van der Waals surface area contributed by atoms with Gasteiger partial charge in [-0.25, -0.2) is 0 Å². The van der Waals surface area contributed by atoms with Crippen molar-refractivity contribution in [2.75, 3.05) is 0 Å². The molecule has 2 aromatic carbocycles. The molecule has 0 fully saturated rings. The Morgan fingerprint density at radius 2 is 1.21 bits per heavy atom. The molecule has 0 atom stereocenters. The van der Waals surface area contributed by atoms with E-state index >= 15 is 0 Å². The van der Waals surface area contributed by atoms with Crippen LogP contribution >= 0.6 is 0 Å². The van der Waals surface area contributed by atoms with Crippen LogP contribution in [0.15, 0.2) is 54.6 Å². The Bertz CT molecular complexity index is 687. The topological polar surface area (TPSA) is 26.3 Å². The molecule has 0 saturated carbocycles. The molecule has 0 aromatic heterocycles. The fourth-order valence-corrected chi connectivity index (χ4v) is 17.1. The third kappa shape index (κ3) is 7.90. The van der Waals surface area contributed by atoms with E-state index in [1.807, 2.05) is 42.5 Å². The molecule has 0 heterocycles. The van der Waals surface area contributed by atoms with Gasteiger partial charge in [-0.1, -0.05) is 0 Å². The minimum absolute atomic E-state index is 0.0837. The molecule has 29 heavy (non-hydrogen) atoms. The second-order valence-corrected chi connectivity index (χ2v) is 20.0. The maximum absolute atomic E-state index is 12.6. The first-order chi connectivity index (χ1) is 14.1. The molecule has 0 aliphatic carbocycles. The molecule has 0 radical (unpaired) electrons. The molecule has 0 spiro atoms. The first-order valence-electron chi connectivity index (χ1n) is 11.5. The second kappa shape index (κ2) is 13.2. The number of benzene rings is 2. The minimum atomic E-state index is -2.56. The van der Waals surface area contributed by atoms with Gasteiger partial charge in [-0.3, -0.25) is 0 Å². The van der Waals surface area contributed by atoms with Gasteiger partial charge in [0.05, 0.1) is 0 Å². The van der Waals surface area contributed by atoms with Crippen LogP contribution in [0.4, 0.5) is 0 Å². The normalized spacial score (nSPS) is 11.6. The zero-order chi connectivity index (χ0) is 21.0. The summed E-state index contributed by atoms with van der Waals surface area (Å²) in [6.07, 6.45) is 7.72. The molecule has 2 rings (SSSR count). The van der Waals surface area contributed by atoms with E-state index in [-0.39, 0.29) is 5.78 Å². The molecule has 0 unspecified atom stereocenters. The third-order valence-electron chi connectivity index (χ3n) is 5.75. The van der Waals surface area contributed by atoms with Crippen molar-refractivity contribution in [1.82, 2.24) is 0 Å². The van der Waals surface area contributed by atoms with Gasteiger partial charge in [0.1, 0.15) is 0 Å². The number of hydrogen-bond donors (Lipinski definition) is 0. The van der Waals surface area contributed by atoms with Crippen molar-refractivity contribution < 1.29 is 7.87 Å². The van der Waals surface area contributed by atoms with Gasteiger partial charge in [0.15, 0.2) is 0 Å². The van der Waals surface area contributed by atoms with Crippen LogP contribution in [-0.4, -0.2) is 24.6 Å². The molecule has 2 nitrogen and oxygen atoms in total. The van der Waals surface area contributed by atoms with Crippen LogP contribution in [0.5, 0.6) is 0 Å². The summed E-state index contributed by atoms with van der Waals surface area (Å²) in [5, 5.41) is 0. The quantitative estimate of drug-likeness (QED) is 0.195. The fourth-order valence-electron chi connectivity index (χ4n) is 3.83. The van der Waals surface area contributed by atoms with Crippen LogP contribution in [0.3, 0.4) is 0 Å². The van der Waals surface area contributed by atoms with Crippen molar-refractivity contribution in [3.05, 3.63) is 71.3 Å². The van der Waals surface area contributed by atoms with Crippen molar-refractivity contribution >= 4 is 24.6 Å². The molecule has 0 aliphatic heterocycles. The molecular formula is C26H38O2Sn. The van der Waals surface area contributed by atoms with Gasteiger partial charge < -0.3 is 0 Å². The summed E-state index contributed by atoms with van der Waals surface area (Å²) in [6.45, 7) is 7.59. The molecule has 2 aromatic rings. The summed E-state index contributed by atoms with van der Waals surface area (Å²) < 4.78 is 10.9. The van der Waals surface area contributed by atoms with Crippen LogP contribution < -0.4 is 0 Å². The van der Waals surface area contributed by atoms with E-state index in [1.165, 1.54) is 57.4 Å². The van der Waals surface area contributed by atoms with Crippen LogP contribution in [0.2, 0.25) is 13.3 Å². The van der Waals surface area contributed by atoms with Crippen molar-refractivity contribution in [2.45, 2.75) is 79.2 Å². The molecule has 0 aliphatic rings. The van der Waals surface area contributed by atoms with Crippen molar-refractivity contribution in [3.63, 3.8) is 0 Å². The summed E-state index contributed by atoms with van der Waals surface area (Å²) in [7, 11) is 0. The van der Waals surface area contributed by atoms with Crippen LogP contribution in [-0.2, 0) is 9.68 Å². The van der Waals surface area contributed by atoms with Gasteiger partial charge in [0.25, 0.3) is 0 Å². The van der Waals surface area contributed by atoms with Gasteiger partial charge in [0, 0.05) is 0 Å². The fraction of sp³-hybridized carbons (Fsp3) is 0.500. The summed E-state index contributed by atoms with van der Waals surface area (Å²) in [5.41, 5.74) is 2.68. The summed E-state index contributed by atoms with van der Waals surface area (Å²) in [4.78, 5) is 12.6. The van der Waals surface area contributed by atoms with Crippen molar-refractivity contribution in [2.24, 2.45) is 0 Å². The molecule has 3 heteroatoms. The van der Waals surface area contributed by atoms with E-state index < -0.39 is 18.8 Å². The number of ketones is 1. The van der Waals surface area contributed by atoms with E-state index in [2.05, 4.69) is 32.9 Å². The summed E-state index contributed by atoms with van der Waals surface area (Å²) in [5.74, 6) is 0.0837. The maximum atomic E-state index is 12.6. The van der Waals surface area contributed by atoms with Gasteiger partial charge in [-0.05, 0) is 0 Å². The Morgan fingerprint density at radius 3 is 1.69 bits per heavy atom. The van der Waals surface area contributed by atoms with E-state index in [1.54, 1.807) is 0 Å². The zero-order valence-corrected chi connectivity index (χ0v) is 21.4. The van der Waals surface area contributed by atoms with Gasteiger partial charge in [0.2, 0.25) is 0 Å². The predicted octanol–water partition coefficient (Wildman–Crippen LogP) is 7.78. The molecule has 158 valence electrons. The Balaban J connectivity index is 2.06. The average molecular weight is 501 g/mol. The van der Waals surface area contributed by atoms with Gasteiger partial charge >= 0.3 is 183 Å². The number of unbranched alkanes of at least 4 members (excludes halogenated alkanes) is 3. The SMILES string of the molecule is CCC[CH2][Sn]([CH2]CCC)([CH2]CCC)[O]Cc1ccc(C(=O)c2ccccc2)cc1. The van der Waals surface area contributed by atoms with E-state index in [0.717, 1.165) is 11.1 Å². The molecule has 0 saturated heterocycles. The average Bonchev–Trinajstić information content (AvgIpc) is 2.78. The summed E-state index contributed by atoms with van der Waals surface area (Å²) >= 11 is -2.56. The van der Waals surface area contributed by atoms with E-state index in [9.17, 15) is 4.79 Å². The Morgan fingerprint density at radius 1 is 0.724 bits per heavy atom.